The van der Waals surface area contributed by atoms with Crippen LogP contribution in [-0.2, 0) is 9.53 Å². The lowest BCUT2D eigenvalue weighted by Crippen LogP contribution is -2.16. The number of thiophene rings is 1. The molecule has 0 saturated heterocycles. The van der Waals surface area contributed by atoms with Crippen LogP contribution in [0, 0.1) is 5.82 Å². The molecule has 25 heavy (non-hydrogen) atoms. The lowest BCUT2D eigenvalue weighted by atomic mass is 10.0. The van der Waals surface area contributed by atoms with Crippen molar-refractivity contribution in [2.45, 2.75) is 6.92 Å². The molecule has 132 valence electrons. The highest BCUT2D eigenvalue weighted by atomic mass is 32.2. The van der Waals surface area contributed by atoms with Crippen LogP contribution < -0.4 is 5.32 Å². The molecule has 0 aliphatic rings. The molecule has 2 aromatic rings. The van der Waals surface area contributed by atoms with Crippen LogP contribution in [0.4, 0.5) is 9.39 Å². The normalized spacial score (nSPS) is 10.3. The van der Waals surface area contributed by atoms with Crippen LogP contribution >= 0.6 is 23.1 Å². The van der Waals surface area contributed by atoms with Gasteiger partial charge in [-0.3, -0.25) is 4.79 Å². The van der Waals surface area contributed by atoms with Crippen LogP contribution in [0.15, 0.2) is 42.3 Å². The van der Waals surface area contributed by atoms with E-state index in [0.717, 1.165) is 0 Å². The zero-order chi connectivity index (χ0) is 18.2. The number of carbonyl (C=O) groups excluding carboxylic acids is 2. The van der Waals surface area contributed by atoms with E-state index in [1.54, 1.807) is 30.5 Å². The van der Waals surface area contributed by atoms with Crippen molar-refractivity contribution in [1.82, 2.24) is 0 Å². The fraction of sp³-hybridized carbons (Fsp3) is 0.222. The molecule has 0 spiro atoms. The first-order valence-corrected chi connectivity index (χ1v) is 9.63. The molecule has 1 aromatic heterocycles. The average molecular weight is 379 g/mol. The Morgan fingerprint density at radius 1 is 1.36 bits per heavy atom. The van der Waals surface area contributed by atoms with Crippen LogP contribution in [0.3, 0.4) is 0 Å². The Kier molecular flexibility index (Phi) is 7.21. The number of ether oxygens (including phenoxy) is 1. The minimum atomic E-state index is -0.517. The lowest BCUT2D eigenvalue weighted by molar-refractivity contribution is -0.113. The highest BCUT2D eigenvalue weighted by Gasteiger charge is 2.22. The van der Waals surface area contributed by atoms with Crippen LogP contribution in [-0.4, -0.2) is 30.0 Å². The highest BCUT2D eigenvalue weighted by molar-refractivity contribution is 8.00. The molecular formula is C18H18FNO3S2. The molecule has 2 rings (SSSR count). The van der Waals surface area contributed by atoms with Crippen molar-refractivity contribution >= 4 is 40.0 Å². The van der Waals surface area contributed by atoms with Crippen molar-refractivity contribution in [3.05, 3.63) is 53.7 Å². The van der Waals surface area contributed by atoms with Crippen LogP contribution in [0.5, 0.6) is 0 Å². The van der Waals surface area contributed by atoms with E-state index in [0.29, 0.717) is 27.4 Å². The number of nitrogens with one attached hydrogen (secondary N) is 1. The van der Waals surface area contributed by atoms with Crippen molar-refractivity contribution in [2.75, 3.05) is 23.4 Å². The Bertz CT molecular complexity index is 756. The summed E-state index contributed by atoms with van der Waals surface area (Å²) in [5, 5.41) is 4.95. The smallest absolute Gasteiger partial charge is 0.341 e. The Balaban J connectivity index is 2.30. The van der Waals surface area contributed by atoms with E-state index in [2.05, 4.69) is 11.9 Å². The van der Waals surface area contributed by atoms with E-state index in [-0.39, 0.29) is 24.1 Å². The van der Waals surface area contributed by atoms with Gasteiger partial charge in [0.05, 0.1) is 12.4 Å². The first-order chi connectivity index (χ1) is 12.1. The zero-order valence-electron chi connectivity index (χ0n) is 13.7. The van der Waals surface area contributed by atoms with Crippen molar-refractivity contribution in [2.24, 2.45) is 0 Å². The van der Waals surface area contributed by atoms with E-state index in [1.165, 1.54) is 35.2 Å². The summed E-state index contributed by atoms with van der Waals surface area (Å²) in [6, 6.07) is 5.83. The second-order valence-corrected chi connectivity index (χ2v) is 6.84. The van der Waals surface area contributed by atoms with Gasteiger partial charge in [-0.05, 0) is 24.6 Å². The number of benzene rings is 1. The number of rotatable bonds is 8. The van der Waals surface area contributed by atoms with E-state index in [1.807, 2.05) is 0 Å². The number of hydrogen-bond donors (Lipinski definition) is 1. The van der Waals surface area contributed by atoms with Gasteiger partial charge in [0.2, 0.25) is 5.91 Å². The molecule has 7 heteroatoms. The molecular weight excluding hydrogens is 361 g/mol. The molecule has 0 unspecified atom stereocenters. The maximum Gasteiger partial charge on any atom is 0.341 e. The first kappa shape index (κ1) is 19.2. The molecule has 0 fully saturated rings. The molecule has 0 atom stereocenters. The standard InChI is InChI=1S/C18H18FNO3S2/c1-3-9-24-11-15(21)20-17-16(18(22)23-4-2)14(10-25-17)12-5-7-13(19)8-6-12/h3,5-8,10H,1,4,9,11H2,2H3,(H,20,21). The Hall–Kier alpha value is -2.12. The lowest BCUT2D eigenvalue weighted by Gasteiger charge is -2.08. The third kappa shape index (κ3) is 5.17. The summed E-state index contributed by atoms with van der Waals surface area (Å²) >= 11 is 2.67. The van der Waals surface area contributed by atoms with Crippen LogP contribution in [0.2, 0.25) is 0 Å². The fourth-order valence-corrected chi connectivity index (χ4v) is 3.61. The molecule has 0 saturated carbocycles. The topological polar surface area (TPSA) is 55.4 Å². The number of anilines is 1. The third-order valence-corrected chi connectivity index (χ3v) is 4.98. The van der Waals surface area contributed by atoms with Gasteiger partial charge in [-0.2, -0.15) is 0 Å². The Morgan fingerprint density at radius 3 is 2.72 bits per heavy atom. The van der Waals surface area contributed by atoms with Gasteiger partial charge in [0.25, 0.3) is 0 Å². The number of amides is 1. The molecule has 1 aromatic carbocycles. The number of esters is 1. The predicted octanol–water partition coefficient (Wildman–Crippen LogP) is 4.59. The molecule has 0 radical (unpaired) electrons. The van der Waals surface area contributed by atoms with Gasteiger partial charge < -0.3 is 10.1 Å². The van der Waals surface area contributed by atoms with Gasteiger partial charge >= 0.3 is 5.97 Å². The second-order valence-electron chi connectivity index (χ2n) is 4.93. The largest absolute Gasteiger partial charge is 0.462 e. The molecule has 1 amide bonds. The van der Waals surface area contributed by atoms with Crippen LogP contribution in [0.1, 0.15) is 17.3 Å². The number of halogens is 1. The van der Waals surface area contributed by atoms with E-state index in [4.69, 9.17) is 4.74 Å². The van der Waals surface area contributed by atoms with E-state index < -0.39 is 5.97 Å². The summed E-state index contributed by atoms with van der Waals surface area (Å²) in [7, 11) is 0. The monoisotopic (exact) mass is 379 g/mol. The number of hydrogen-bond acceptors (Lipinski definition) is 5. The zero-order valence-corrected chi connectivity index (χ0v) is 15.3. The summed E-state index contributed by atoms with van der Waals surface area (Å²) in [6.07, 6.45) is 1.72. The van der Waals surface area contributed by atoms with Gasteiger partial charge in [-0.25, -0.2) is 9.18 Å². The van der Waals surface area contributed by atoms with Crippen molar-refractivity contribution in [3.63, 3.8) is 0 Å². The minimum Gasteiger partial charge on any atom is -0.462 e. The summed E-state index contributed by atoms with van der Waals surface area (Å²) < 4.78 is 18.3. The third-order valence-electron chi connectivity index (χ3n) is 3.15. The van der Waals surface area contributed by atoms with E-state index >= 15 is 0 Å². The molecule has 4 nitrogen and oxygen atoms in total. The summed E-state index contributed by atoms with van der Waals surface area (Å²) in [5.41, 5.74) is 1.58. The number of thioether (sulfide) groups is 1. The predicted molar refractivity (Wildman–Crippen MR) is 102 cm³/mol. The highest BCUT2D eigenvalue weighted by Crippen LogP contribution is 2.36. The van der Waals surface area contributed by atoms with Crippen molar-refractivity contribution < 1.29 is 18.7 Å². The fourth-order valence-electron chi connectivity index (χ4n) is 2.10. The Labute approximate surface area is 154 Å². The summed E-state index contributed by atoms with van der Waals surface area (Å²) in [6.45, 7) is 5.54. The van der Waals surface area contributed by atoms with Gasteiger partial charge in [0.15, 0.2) is 0 Å². The summed E-state index contributed by atoms with van der Waals surface area (Å²) in [5.74, 6) is -0.145. The van der Waals surface area contributed by atoms with E-state index in [9.17, 15) is 14.0 Å². The number of carbonyl (C=O) groups is 2. The molecule has 1 heterocycles. The van der Waals surface area contributed by atoms with Gasteiger partial charge in [0.1, 0.15) is 16.4 Å². The van der Waals surface area contributed by atoms with Crippen molar-refractivity contribution in [3.8, 4) is 11.1 Å². The van der Waals surface area contributed by atoms with Crippen LogP contribution in [0.25, 0.3) is 11.1 Å². The SMILES string of the molecule is C=CCSCC(=O)Nc1scc(-c2ccc(F)cc2)c1C(=O)OCC. The van der Waals surface area contributed by atoms with Gasteiger partial charge in [-0.15, -0.1) is 29.7 Å². The molecule has 0 bridgehead atoms. The second kappa shape index (κ2) is 9.39. The molecule has 0 aliphatic carbocycles. The first-order valence-electron chi connectivity index (χ1n) is 7.59. The average Bonchev–Trinajstić information content (AvgIpc) is 2.99. The molecule has 1 N–H and O–H groups in total. The van der Waals surface area contributed by atoms with Gasteiger partial charge in [-0.1, -0.05) is 18.2 Å². The minimum absolute atomic E-state index is 0.204. The molecule has 0 aliphatic heterocycles. The summed E-state index contributed by atoms with van der Waals surface area (Å²) in [4.78, 5) is 24.4. The Morgan fingerprint density at radius 2 is 2.08 bits per heavy atom. The van der Waals surface area contributed by atoms with Gasteiger partial charge in [0, 0.05) is 16.7 Å². The maximum atomic E-state index is 13.2. The quantitative estimate of drug-likeness (QED) is 0.414. The maximum absolute atomic E-state index is 13.2. The van der Waals surface area contributed by atoms with Crippen molar-refractivity contribution in [1.29, 1.82) is 0 Å².